The van der Waals surface area contributed by atoms with E-state index in [-0.39, 0.29) is 5.75 Å². The molecule has 4 N–H and O–H groups in total. The molecule has 1 rings (SSSR count). The van der Waals surface area contributed by atoms with Crippen molar-refractivity contribution in [2.24, 2.45) is 5.73 Å². The fourth-order valence-corrected chi connectivity index (χ4v) is 1.93. The van der Waals surface area contributed by atoms with Gasteiger partial charge in [-0.3, -0.25) is 5.73 Å². The van der Waals surface area contributed by atoms with Crippen LogP contribution in [0.5, 0.6) is 0 Å². The zero-order valence-electron chi connectivity index (χ0n) is 8.09. The Bertz CT molecular complexity index is 327. The Kier molecular flexibility index (Phi) is 4.14. The highest BCUT2D eigenvalue weighted by Crippen LogP contribution is 2.15. The van der Waals surface area contributed by atoms with Crippen LogP contribution in [0.1, 0.15) is 5.56 Å². The van der Waals surface area contributed by atoms with Gasteiger partial charge in [0.25, 0.3) is 0 Å². The first-order valence-electron chi connectivity index (χ1n) is 4.39. The summed E-state index contributed by atoms with van der Waals surface area (Å²) in [7, 11) is 0. The van der Waals surface area contributed by atoms with Crippen LogP contribution in [0.4, 0.5) is 0 Å². The summed E-state index contributed by atoms with van der Waals surface area (Å²) in [6.07, 6.45) is 0. The van der Waals surface area contributed by atoms with Crippen molar-refractivity contribution < 1.29 is 15.0 Å². The summed E-state index contributed by atoms with van der Waals surface area (Å²) in [4.78, 5) is 10.5. The van der Waals surface area contributed by atoms with Gasteiger partial charge in [-0.2, -0.15) is 11.8 Å². The maximum absolute atomic E-state index is 10.5. The summed E-state index contributed by atoms with van der Waals surface area (Å²) in [5, 5.41) is 17.8. The predicted molar refractivity (Wildman–Crippen MR) is 59.4 cm³/mol. The van der Waals surface area contributed by atoms with E-state index in [1.807, 2.05) is 30.3 Å². The van der Waals surface area contributed by atoms with Crippen molar-refractivity contribution in [1.29, 1.82) is 0 Å². The summed E-state index contributed by atoms with van der Waals surface area (Å²) in [5.74, 6) is -0.798. The van der Waals surface area contributed by atoms with Crippen molar-refractivity contribution in [1.82, 2.24) is 0 Å². The number of benzene rings is 1. The SMILES string of the molecule is N[C@@](O)(CSCc1ccccc1)C(=O)O. The van der Waals surface area contributed by atoms with E-state index in [0.29, 0.717) is 5.75 Å². The van der Waals surface area contributed by atoms with Gasteiger partial charge >= 0.3 is 5.97 Å². The van der Waals surface area contributed by atoms with Gasteiger partial charge in [-0.15, -0.1) is 0 Å². The van der Waals surface area contributed by atoms with E-state index in [9.17, 15) is 9.90 Å². The van der Waals surface area contributed by atoms with Gasteiger partial charge in [0.05, 0.1) is 0 Å². The van der Waals surface area contributed by atoms with Gasteiger partial charge in [-0.1, -0.05) is 30.3 Å². The third-order valence-corrected chi connectivity index (χ3v) is 2.99. The standard InChI is InChI=1S/C10H13NO3S/c11-10(14,9(12)13)7-15-6-8-4-2-1-3-5-8/h1-5,14H,6-7,11H2,(H,12,13)/t10-/m1/s1. The highest BCUT2D eigenvalue weighted by molar-refractivity contribution is 7.98. The molecule has 0 fully saturated rings. The van der Waals surface area contributed by atoms with Crippen LogP contribution in [0.3, 0.4) is 0 Å². The molecule has 1 aromatic rings. The van der Waals surface area contributed by atoms with E-state index >= 15 is 0 Å². The smallest absolute Gasteiger partial charge is 0.351 e. The first-order chi connectivity index (χ1) is 7.02. The number of aliphatic carboxylic acids is 1. The lowest BCUT2D eigenvalue weighted by atomic mass is 10.2. The quantitative estimate of drug-likeness (QED) is 0.643. The number of carbonyl (C=O) groups is 1. The summed E-state index contributed by atoms with van der Waals surface area (Å²) in [6.45, 7) is 0. The first kappa shape index (κ1) is 12.0. The molecule has 0 heterocycles. The Morgan fingerprint density at radius 2 is 2.00 bits per heavy atom. The van der Waals surface area contributed by atoms with Crippen LogP contribution in [-0.4, -0.2) is 27.7 Å². The summed E-state index contributed by atoms with van der Waals surface area (Å²) < 4.78 is 0. The summed E-state index contributed by atoms with van der Waals surface area (Å²) in [5.41, 5.74) is 4.09. The molecule has 0 aromatic heterocycles. The van der Waals surface area contributed by atoms with E-state index in [4.69, 9.17) is 10.8 Å². The van der Waals surface area contributed by atoms with E-state index < -0.39 is 11.7 Å². The zero-order chi connectivity index (χ0) is 11.3. The topological polar surface area (TPSA) is 83.5 Å². The maximum atomic E-state index is 10.5. The zero-order valence-corrected chi connectivity index (χ0v) is 8.91. The first-order valence-corrected chi connectivity index (χ1v) is 5.54. The van der Waals surface area contributed by atoms with Crippen LogP contribution in [-0.2, 0) is 10.5 Å². The van der Waals surface area contributed by atoms with Crippen LogP contribution < -0.4 is 5.73 Å². The van der Waals surface area contributed by atoms with Crippen molar-refractivity contribution >= 4 is 17.7 Å². The number of hydrogen-bond donors (Lipinski definition) is 3. The molecule has 5 heteroatoms. The Morgan fingerprint density at radius 3 is 2.53 bits per heavy atom. The van der Waals surface area contributed by atoms with E-state index in [0.717, 1.165) is 5.56 Å². The van der Waals surface area contributed by atoms with Crippen molar-refractivity contribution in [3.05, 3.63) is 35.9 Å². The van der Waals surface area contributed by atoms with Gasteiger partial charge in [0.2, 0.25) is 5.72 Å². The average molecular weight is 227 g/mol. The number of carboxylic acids is 1. The molecule has 0 aliphatic rings. The molecule has 0 saturated heterocycles. The van der Waals surface area contributed by atoms with Crippen LogP contribution in [0.25, 0.3) is 0 Å². The number of rotatable bonds is 5. The normalized spacial score (nSPS) is 14.5. The fourth-order valence-electron chi connectivity index (χ4n) is 0.960. The van der Waals surface area contributed by atoms with Gasteiger partial charge < -0.3 is 10.2 Å². The van der Waals surface area contributed by atoms with E-state index in [1.54, 1.807) is 0 Å². The Morgan fingerprint density at radius 1 is 1.40 bits per heavy atom. The molecule has 0 aliphatic carbocycles. The minimum absolute atomic E-state index is 0.0305. The number of thioether (sulfide) groups is 1. The molecular weight excluding hydrogens is 214 g/mol. The Hall–Kier alpha value is -1.04. The van der Waals surface area contributed by atoms with Gasteiger partial charge in [0.15, 0.2) is 0 Å². The molecule has 15 heavy (non-hydrogen) atoms. The van der Waals surface area contributed by atoms with Crippen LogP contribution in [0.15, 0.2) is 30.3 Å². The van der Waals surface area contributed by atoms with Crippen LogP contribution in [0, 0.1) is 0 Å². The minimum Gasteiger partial charge on any atom is -0.478 e. The molecule has 0 aliphatic heterocycles. The van der Waals surface area contributed by atoms with E-state index in [1.165, 1.54) is 11.8 Å². The lowest BCUT2D eigenvalue weighted by molar-refractivity contribution is -0.155. The number of hydrogen-bond acceptors (Lipinski definition) is 4. The molecular formula is C10H13NO3S. The number of carboxylic acid groups (broad SMARTS) is 1. The molecule has 0 saturated carbocycles. The van der Waals surface area contributed by atoms with Gasteiger partial charge in [0, 0.05) is 11.5 Å². The number of nitrogens with two attached hydrogens (primary N) is 1. The monoisotopic (exact) mass is 227 g/mol. The van der Waals surface area contributed by atoms with Crippen LogP contribution in [0.2, 0.25) is 0 Å². The lowest BCUT2D eigenvalue weighted by Gasteiger charge is -2.16. The maximum Gasteiger partial charge on any atom is 0.351 e. The molecule has 1 atom stereocenters. The third kappa shape index (κ3) is 3.91. The van der Waals surface area contributed by atoms with Gasteiger partial charge in [0.1, 0.15) is 0 Å². The van der Waals surface area contributed by atoms with Crippen molar-refractivity contribution in [3.63, 3.8) is 0 Å². The Balaban J connectivity index is 2.37. The summed E-state index contributed by atoms with van der Waals surface area (Å²) in [6, 6.07) is 9.58. The highest BCUT2D eigenvalue weighted by atomic mass is 32.2. The molecule has 4 nitrogen and oxygen atoms in total. The van der Waals surface area contributed by atoms with Crippen molar-refractivity contribution in [2.45, 2.75) is 11.5 Å². The lowest BCUT2D eigenvalue weighted by Crippen LogP contribution is -2.50. The largest absolute Gasteiger partial charge is 0.478 e. The minimum atomic E-state index is -2.14. The second-order valence-electron chi connectivity index (χ2n) is 3.21. The molecule has 82 valence electrons. The summed E-state index contributed by atoms with van der Waals surface area (Å²) >= 11 is 1.29. The molecule has 1 aromatic carbocycles. The highest BCUT2D eigenvalue weighted by Gasteiger charge is 2.30. The second kappa shape index (κ2) is 5.16. The van der Waals surface area contributed by atoms with Crippen LogP contribution >= 0.6 is 11.8 Å². The predicted octanol–water partition coefficient (Wildman–Crippen LogP) is 0.652. The van der Waals surface area contributed by atoms with Crippen molar-refractivity contribution in [2.75, 3.05) is 5.75 Å². The molecule has 0 unspecified atom stereocenters. The third-order valence-electron chi connectivity index (χ3n) is 1.80. The van der Waals surface area contributed by atoms with Gasteiger partial charge in [-0.25, -0.2) is 4.79 Å². The second-order valence-corrected chi connectivity index (χ2v) is 4.19. The molecule has 0 bridgehead atoms. The Labute approximate surface area is 92.1 Å². The van der Waals surface area contributed by atoms with E-state index in [2.05, 4.69) is 0 Å². The van der Waals surface area contributed by atoms with Gasteiger partial charge in [-0.05, 0) is 5.56 Å². The molecule has 0 amide bonds. The average Bonchev–Trinajstić information content (AvgIpc) is 2.19. The van der Waals surface area contributed by atoms with Crippen molar-refractivity contribution in [3.8, 4) is 0 Å². The molecule has 0 spiro atoms. The molecule has 0 radical (unpaired) electrons. The fraction of sp³-hybridized carbons (Fsp3) is 0.300. The number of aliphatic hydroxyl groups is 1.